The molecule has 1 atom stereocenters. The van der Waals surface area contributed by atoms with Gasteiger partial charge in [-0.2, -0.15) is 0 Å². The molecule has 2 heterocycles. The number of sulfonamides is 1. The molecule has 0 radical (unpaired) electrons. The Kier molecular flexibility index (Phi) is 6.41. The van der Waals surface area contributed by atoms with Crippen LogP contribution in [0.2, 0.25) is 0 Å². The molecule has 1 amide bonds. The minimum atomic E-state index is -3.35. The minimum absolute atomic E-state index is 0.0197. The molecule has 0 aliphatic carbocycles. The van der Waals surface area contributed by atoms with E-state index in [2.05, 4.69) is 10.3 Å². The Morgan fingerprint density at radius 2 is 2.18 bits per heavy atom. The van der Waals surface area contributed by atoms with Crippen molar-refractivity contribution < 1.29 is 22.0 Å². The summed E-state index contributed by atoms with van der Waals surface area (Å²) in [6, 6.07) is 3.10. The normalized spacial score (nSPS) is 18.2. The molecular weight excluding hydrogens is 408 g/mol. The highest BCUT2D eigenvalue weighted by Gasteiger charge is 2.32. The van der Waals surface area contributed by atoms with Crippen LogP contribution in [0.4, 0.5) is 13.9 Å². The van der Waals surface area contributed by atoms with Crippen molar-refractivity contribution in [2.24, 2.45) is 5.92 Å². The predicted molar refractivity (Wildman–Crippen MR) is 104 cm³/mol. The summed E-state index contributed by atoms with van der Waals surface area (Å²) in [4.78, 5) is 16.7. The zero-order valence-electron chi connectivity index (χ0n) is 15.3. The van der Waals surface area contributed by atoms with E-state index in [-0.39, 0.29) is 34.6 Å². The Morgan fingerprint density at radius 1 is 1.39 bits per heavy atom. The van der Waals surface area contributed by atoms with Gasteiger partial charge in [-0.05, 0) is 37.5 Å². The van der Waals surface area contributed by atoms with Crippen LogP contribution in [0.15, 0.2) is 23.6 Å². The molecule has 0 bridgehead atoms. The number of carbonyl (C=O) groups is 1. The third-order valence-electron chi connectivity index (χ3n) is 4.55. The number of aromatic nitrogens is 1. The first-order valence-electron chi connectivity index (χ1n) is 9.00. The van der Waals surface area contributed by atoms with Crippen LogP contribution in [-0.4, -0.2) is 42.5 Å². The summed E-state index contributed by atoms with van der Waals surface area (Å²) in [6.07, 6.45) is 1.72. The van der Waals surface area contributed by atoms with Crippen LogP contribution >= 0.6 is 11.3 Å². The fourth-order valence-corrected chi connectivity index (χ4v) is 5.45. The molecule has 2 aromatic rings. The monoisotopic (exact) mass is 429 g/mol. The minimum Gasteiger partial charge on any atom is -0.302 e. The molecular formula is C18H21F2N3O3S2. The maximum absolute atomic E-state index is 13.9. The largest absolute Gasteiger partial charge is 0.302 e. The average Bonchev–Trinajstić information content (AvgIpc) is 3.12. The number of nitrogens with zero attached hydrogens (tertiary/aromatic N) is 2. The second-order valence-electron chi connectivity index (χ2n) is 6.66. The third kappa shape index (κ3) is 4.73. The Labute approximate surface area is 166 Å². The summed E-state index contributed by atoms with van der Waals surface area (Å²) in [5, 5.41) is 4.47. The van der Waals surface area contributed by atoms with Crippen molar-refractivity contribution in [1.29, 1.82) is 0 Å². The summed E-state index contributed by atoms with van der Waals surface area (Å²) in [7, 11) is -3.35. The Balaban J connectivity index is 1.68. The van der Waals surface area contributed by atoms with Crippen LogP contribution in [0.25, 0.3) is 11.3 Å². The van der Waals surface area contributed by atoms with E-state index in [9.17, 15) is 22.0 Å². The van der Waals surface area contributed by atoms with Crippen LogP contribution in [0, 0.1) is 17.6 Å². The SMILES string of the molecule is CCCS(=O)(=O)N1CCCC(C(=O)Nc2nc(-c3cc(F)ccc3F)cs2)C1. The van der Waals surface area contributed by atoms with Crippen molar-refractivity contribution in [1.82, 2.24) is 9.29 Å². The van der Waals surface area contributed by atoms with Crippen molar-refractivity contribution in [3.63, 3.8) is 0 Å². The lowest BCUT2D eigenvalue weighted by atomic mass is 9.99. The van der Waals surface area contributed by atoms with Crippen molar-refractivity contribution in [2.45, 2.75) is 26.2 Å². The number of piperidine rings is 1. The zero-order chi connectivity index (χ0) is 20.3. The number of benzene rings is 1. The van der Waals surface area contributed by atoms with E-state index in [1.54, 1.807) is 6.92 Å². The van der Waals surface area contributed by atoms with Gasteiger partial charge in [0.1, 0.15) is 11.6 Å². The van der Waals surface area contributed by atoms with E-state index in [0.29, 0.717) is 25.8 Å². The molecule has 1 aromatic carbocycles. The Hall–Kier alpha value is -1.91. The Morgan fingerprint density at radius 3 is 2.93 bits per heavy atom. The molecule has 152 valence electrons. The zero-order valence-corrected chi connectivity index (χ0v) is 17.0. The molecule has 10 heteroatoms. The first-order chi connectivity index (χ1) is 13.3. The average molecular weight is 430 g/mol. The molecule has 6 nitrogen and oxygen atoms in total. The number of nitrogens with one attached hydrogen (secondary N) is 1. The molecule has 1 unspecified atom stereocenters. The number of carbonyl (C=O) groups excluding carboxylic acids is 1. The van der Waals surface area contributed by atoms with Crippen molar-refractivity contribution >= 4 is 32.4 Å². The van der Waals surface area contributed by atoms with Crippen LogP contribution in [-0.2, 0) is 14.8 Å². The van der Waals surface area contributed by atoms with Crippen LogP contribution in [0.3, 0.4) is 0 Å². The van der Waals surface area contributed by atoms with Gasteiger partial charge in [-0.25, -0.2) is 26.5 Å². The van der Waals surface area contributed by atoms with Gasteiger partial charge in [0, 0.05) is 24.0 Å². The molecule has 1 aromatic heterocycles. The number of hydrogen-bond donors (Lipinski definition) is 1. The summed E-state index contributed by atoms with van der Waals surface area (Å²) in [5.41, 5.74) is 0.249. The van der Waals surface area contributed by atoms with Gasteiger partial charge < -0.3 is 5.32 Å². The Bertz CT molecular complexity index is 963. The van der Waals surface area contributed by atoms with Gasteiger partial charge in [0.25, 0.3) is 0 Å². The number of anilines is 1. The maximum atomic E-state index is 13.9. The number of rotatable bonds is 6. The van der Waals surface area contributed by atoms with Gasteiger partial charge >= 0.3 is 0 Å². The number of amides is 1. The summed E-state index contributed by atoms with van der Waals surface area (Å²) >= 11 is 1.10. The molecule has 1 saturated heterocycles. The molecule has 1 N–H and O–H groups in total. The lowest BCUT2D eigenvalue weighted by molar-refractivity contribution is -0.120. The van der Waals surface area contributed by atoms with Crippen LogP contribution in [0.5, 0.6) is 0 Å². The van der Waals surface area contributed by atoms with Gasteiger partial charge in [0.05, 0.1) is 17.4 Å². The van der Waals surface area contributed by atoms with Gasteiger partial charge in [-0.15, -0.1) is 11.3 Å². The highest BCUT2D eigenvalue weighted by Crippen LogP contribution is 2.28. The standard InChI is InChI=1S/C18H21F2N3O3S2/c1-2-8-28(25,26)23-7-3-4-12(10-23)17(24)22-18-21-16(11-27-18)14-9-13(19)5-6-15(14)20/h5-6,9,11-12H,2-4,7-8,10H2,1H3,(H,21,22,24). The summed E-state index contributed by atoms with van der Waals surface area (Å²) < 4.78 is 53.1. The van der Waals surface area contributed by atoms with Gasteiger partial charge in [-0.3, -0.25) is 4.79 Å². The number of hydrogen-bond acceptors (Lipinski definition) is 5. The molecule has 1 aliphatic heterocycles. The van der Waals surface area contributed by atoms with Crippen molar-refractivity contribution in [2.75, 3.05) is 24.2 Å². The quantitative estimate of drug-likeness (QED) is 0.763. The molecule has 28 heavy (non-hydrogen) atoms. The highest BCUT2D eigenvalue weighted by atomic mass is 32.2. The van der Waals surface area contributed by atoms with Gasteiger partial charge in [0.2, 0.25) is 15.9 Å². The topological polar surface area (TPSA) is 79.4 Å². The predicted octanol–water partition coefficient (Wildman–Crippen LogP) is 3.48. The maximum Gasteiger partial charge on any atom is 0.230 e. The molecule has 3 rings (SSSR count). The fraction of sp³-hybridized carbons (Fsp3) is 0.444. The second-order valence-corrected chi connectivity index (χ2v) is 9.61. The summed E-state index contributed by atoms with van der Waals surface area (Å²) in [5.74, 6) is -1.91. The van der Waals surface area contributed by atoms with Crippen molar-refractivity contribution in [3.05, 3.63) is 35.2 Å². The lowest BCUT2D eigenvalue weighted by Gasteiger charge is -2.30. The van der Waals surface area contributed by atoms with Crippen LogP contribution in [0.1, 0.15) is 26.2 Å². The van der Waals surface area contributed by atoms with E-state index in [1.807, 2.05) is 0 Å². The number of thiazole rings is 1. The molecule has 1 aliphatic rings. The first kappa shape index (κ1) is 20.8. The fourth-order valence-electron chi connectivity index (χ4n) is 3.15. The van der Waals surface area contributed by atoms with E-state index in [0.717, 1.165) is 29.5 Å². The van der Waals surface area contributed by atoms with E-state index in [1.165, 1.54) is 9.69 Å². The third-order valence-corrected chi connectivity index (χ3v) is 7.35. The second kappa shape index (κ2) is 8.62. The first-order valence-corrected chi connectivity index (χ1v) is 11.5. The highest BCUT2D eigenvalue weighted by molar-refractivity contribution is 7.89. The smallest absolute Gasteiger partial charge is 0.230 e. The lowest BCUT2D eigenvalue weighted by Crippen LogP contribution is -2.44. The molecule has 0 spiro atoms. The van der Waals surface area contributed by atoms with Crippen molar-refractivity contribution in [3.8, 4) is 11.3 Å². The summed E-state index contributed by atoms with van der Waals surface area (Å²) in [6.45, 7) is 2.37. The number of halogens is 2. The molecule has 0 saturated carbocycles. The molecule has 1 fully saturated rings. The van der Waals surface area contributed by atoms with Gasteiger partial charge in [0.15, 0.2) is 5.13 Å². The van der Waals surface area contributed by atoms with Gasteiger partial charge in [-0.1, -0.05) is 6.92 Å². The van der Waals surface area contributed by atoms with E-state index >= 15 is 0 Å². The van der Waals surface area contributed by atoms with E-state index < -0.39 is 27.6 Å². The van der Waals surface area contributed by atoms with E-state index in [4.69, 9.17) is 0 Å². The van der Waals surface area contributed by atoms with Crippen LogP contribution < -0.4 is 5.32 Å².